The quantitative estimate of drug-likeness (QED) is 0.562. The second-order valence-corrected chi connectivity index (χ2v) is 7.36. The van der Waals surface area contributed by atoms with Gasteiger partial charge in [0, 0.05) is 36.7 Å². The van der Waals surface area contributed by atoms with Crippen LogP contribution in [0.3, 0.4) is 0 Å². The molecule has 1 amide bonds. The van der Waals surface area contributed by atoms with Crippen LogP contribution in [-0.2, 0) is 24.1 Å². The summed E-state index contributed by atoms with van der Waals surface area (Å²) in [7, 11) is 1.61. The molecule has 0 radical (unpaired) electrons. The predicted molar refractivity (Wildman–Crippen MR) is 113 cm³/mol. The first-order valence-electron chi connectivity index (χ1n) is 10.4. The molecule has 0 bridgehead atoms. The van der Waals surface area contributed by atoms with E-state index in [1.165, 1.54) is 12.1 Å². The molecule has 162 valence electrons. The highest BCUT2D eigenvalue weighted by Gasteiger charge is 2.25. The van der Waals surface area contributed by atoms with Gasteiger partial charge in [-0.05, 0) is 56.0 Å². The van der Waals surface area contributed by atoms with Gasteiger partial charge in [0.25, 0.3) is 5.91 Å². The van der Waals surface area contributed by atoms with Crippen molar-refractivity contribution in [1.82, 2.24) is 20.1 Å². The molecule has 4 rings (SSSR count). The molecule has 8 heteroatoms. The van der Waals surface area contributed by atoms with Crippen molar-refractivity contribution in [3.63, 3.8) is 0 Å². The summed E-state index contributed by atoms with van der Waals surface area (Å²) < 4.78 is 25.8. The maximum atomic E-state index is 13.4. The minimum Gasteiger partial charge on any atom is -0.475 e. The standard InChI is InChI=1S/C23H25FN4O3/c1-30-13-14-31-23-16(5-4-12-25-23)15-26-22(29)21-19-6-2-3-7-20(19)28(27-21)18-10-8-17(24)9-11-18/h4-5,8-12H,2-3,6-7,13-15H2,1H3,(H,26,29). The lowest BCUT2D eigenvalue weighted by atomic mass is 9.95. The Kier molecular flexibility index (Phi) is 6.57. The van der Waals surface area contributed by atoms with Gasteiger partial charge < -0.3 is 14.8 Å². The molecular weight excluding hydrogens is 399 g/mol. The van der Waals surface area contributed by atoms with E-state index in [9.17, 15) is 9.18 Å². The van der Waals surface area contributed by atoms with Crippen LogP contribution < -0.4 is 10.1 Å². The largest absolute Gasteiger partial charge is 0.475 e. The topological polar surface area (TPSA) is 78.3 Å². The summed E-state index contributed by atoms with van der Waals surface area (Å²) >= 11 is 0. The fourth-order valence-electron chi connectivity index (χ4n) is 3.75. The Labute approximate surface area is 180 Å². The summed E-state index contributed by atoms with van der Waals surface area (Å²) in [5.41, 5.74) is 3.94. The van der Waals surface area contributed by atoms with Crippen molar-refractivity contribution >= 4 is 5.91 Å². The molecule has 1 aliphatic carbocycles. The van der Waals surface area contributed by atoms with E-state index in [-0.39, 0.29) is 18.3 Å². The number of aromatic nitrogens is 3. The summed E-state index contributed by atoms with van der Waals surface area (Å²) in [5.74, 6) is -0.0767. The molecule has 0 unspecified atom stereocenters. The van der Waals surface area contributed by atoms with Crippen LogP contribution in [0.1, 0.15) is 40.2 Å². The lowest BCUT2D eigenvalue weighted by Gasteiger charge is -2.14. The third-order valence-corrected chi connectivity index (χ3v) is 5.28. The second-order valence-electron chi connectivity index (χ2n) is 7.36. The third kappa shape index (κ3) is 4.74. The van der Waals surface area contributed by atoms with Crippen molar-refractivity contribution in [1.29, 1.82) is 0 Å². The number of amides is 1. The van der Waals surface area contributed by atoms with Crippen LogP contribution in [0.25, 0.3) is 5.69 Å². The number of rotatable bonds is 8. The molecule has 0 spiro atoms. The van der Waals surface area contributed by atoms with E-state index in [0.29, 0.717) is 24.8 Å². The second kappa shape index (κ2) is 9.70. The highest BCUT2D eigenvalue weighted by atomic mass is 19.1. The van der Waals surface area contributed by atoms with Crippen molar-refractivity contribution in [2.45, 2.75) is 32.2 Å². The van der Waals surface area contributed by atoms with Gasteiger partial charge in [-0.15, -0.1) is 0 Å². The Balaban J connectivity index is 1.54. The van der Waals surface area contributed by atoms with E-state index in [1.54, 1.807) is 36.2 Å². The minimum absolute atomic E-state index is 0.245. The van der Waals surface area contributed by atoms with Gasteiger partial charge in [0.1, 0.15) is 12.4 Å². The summed E-state index contributed by atoms with van der Waals surface area (Å²) in [6.07, 6.45) is 5.35. The van der Waals surface area contributed by atoms with Gasteiger partial charge >= 0.3 is 0 Å². The molecule has 1 aliphatic rings. The first-order valence-corrected chi connectivity index (χ1v) is 10.4. The van der Waals surface area contributed by atoms with Crippen molar-refractivity contribution in [2.75, 3.05) is 20.3 Å². The zero-order valence-electron chi connectivity index (χ0n) is 17.4. The number of fused-ring (bicyclic) bond motifs is 1. The zero-order valence-corrected chi connectivity index (χ0v) is 17.4. The Hall–Kier alpha value is -3.26. The lowest BCUT2D eigenvalue weighted by molar-refractivity contribution is 0.0943. The van der Waals surface area contributed by atoms with E-state index in [0.717, 1.165) is 48.2 Å². The molecule has 0 saturated heterocycles. The fraction of sp³-hybridized carbons (Fsp3) is 0.348. The van der Waals surface area contributed by atoms with Crippen LogP contribution in [0.2, 0.25) is 0 Å². The summed E-state index contributed by atoms with van der Waals surface area (Å²) in [5, 5.41) is 7.55. The number of carbonyl (C=O) groups excluding carboxylic acids is 1. The molecular formula is C23H25FN4O3. The number of nitrogens with one attached hydrogen (secondary N) is 1. The van der Waals surface area contributed by atoms with E-state index in [4.69, 9.17) is 9.47 Å². The van der Waals surface area contributed by atoms with Gasteiger partial charge in [-0.2, -0.15) is 5.10 Å². The van der Waals surface area contributed by atoms with E-state index >= 15 is 0 Å². The summed E-state index contributed by atoms with van der Waals surface area (Å²) in [4.78, 5) is 17.3. The van der Waals surface area contributed by atoms with Crippen LogP contribution in [0.4, 0.5) is 4.39 Å². The van der Waals surface area contributed by atoms with Crippen molar-refractivity contribution in [3.8, 4) is 11.6 Å². The van der Waals surface area contributed by atoms with Crippen molar-refractivity contribution in [3.05, 3.63) is 70.9 Å². The SMILES string of the molecule is COCCOc1ncccc1CNC(=O)c1nn(-c2ccc(F)cc2)c2c1CCCC2. The average Bonchev–Trinajstić information content (AvgIpc) is 3.19. The zero-order chi connectivity index (χ0) is 21.6. The number of hydrogen-bond acceptors (Lipinski definition) is 5. The maximum absolute atomic E-state index is 13.4. The van der Waals surface area contributed by atoms with Crippen LogP contribution in [0, 0.1) is 5.82 Å². The van der Waals surface area contributed by atoms with Crippen LogP contribution in [0.15, 0.2) is 42.6 Å². The van der Waals surface area contributed by atoms with Gasteiger partial charge in [-0.25, -0.2) is 14.1 Å². The molecule has 31 heavy (non-hydrogen) atoms. The number of benzene rings is 1. The maximum Gasteiger partial charge on any atom is 0.272 e. The summed E-state index contributed by atoms with van der Waals surface area (Å²) in [6.45, 7) is 1.10. The molecule has 0 fully saturated rings. The monoisotopic (exact) mass is 424 g/mol. The van der Waals surface area contributed by atoms with Gasteiger partial charge in [0.15, 0.2) is 5.69 Å². The Morgan fingerprint density at radius 1 is 1.16 bits per heavy atom. The Bertz CT molecular complexity index is 1050. The predicted octanol–water partition coefficient (Wildman–Crippen LogP) is 3.24. The molecule has 0 aliphatic heterocycles. The molecule has 2 aromatic heterocycles. The molecule has 0 atom stereocenters. The number of methoxy groups -OCH3 is 1. The molecule has 1 N–H and O–H groups in total. The lowest BCUT2D eigenvalue weighted by Crippen LogP contribution is -2.25. The number of pyridine rings is 1. The number of hydrogen-bond donors (Lipinski definition) is 1. The van der Waals surface area contributed by atoms with Gasteiger partial charge in [0.2, 0.25) is 5.88 Å². The summed E-state index contributed by atoms with van der Waals surface area (Å²) in [6, 6.07) is 9.83. The fourth-order valence-corrected chi connectivity index (χ4v) is 3.75. The normalized spacial score (nSPS) is 13.0. The van der Waals surface area contributed by atoms with E-state index in [1.807, 2.05) is 6.07 Å². The van der Waals surface area contributed by atoms with Crippen molar-refractivity contribution in [2.24, 2.45) is 0 Å². The Morgan fingerprint density at radius 2 is 1.97 bits per heavy atom. The van der Waals surface area contributed by atoms with Gasteiger partial charge in [-0.3, -0.25) is 4.79 Å². The molecule has 3 aromatic rings. The smallest absolute Gasteiger partial charge is 0.272 e. The van der Waals surface area contributed by atoms with Crippen LogP contribution in [0.5, 0.6) is 5.88 Å². The Morgan fingerprint density at radius 3 is 2.77 bits per heavy atom. The number of nitrogens with zero attached hydrogens (tertiary/aromatic N) is 3. The van der Waals surface area contributed by atoms with Crippen LogP contribution >= 0.6 is 0 Å². The number of ether oxygens (including phenoxy) is 2. The highest BCUT2D eigenvalue weighted by Crippen LogP contribution is 2.27. The third-order valence-electron chi connectivity index (χ3n) is 5.28. The first-order chi connectivity index (χ1) is 15.2. The average molecular weight is 424 g/mol. The van der Waals surface area contributed by atoms with Crippen molar-refractivity contribution < 1.29 is 18.7 Å². The first kappa shape index (κ1) is 21.0. The van der Waals surface area contributed by atoms with Gasteiger partial charge in [0.05, 0.1) is 12.3 Å². The van der Waals surface area contributed by atoms with E-state index in [2.05, 4.69) is 15.4 Å². The highest BCUT2D eigenvalue weighted by molar-refractivity contribution is 5.94. The number of carbonyl (C=O) groups is 1. The minimum atomic E-state index is -0.303. The molecule has 0 saturated carbocycles. The van der Waals surface area contributed by atoms with E-state index < -0.39 is 0 Å². The number of halogens is 1. The molecule has 7 nitrogen and oxygen atoms in total. The molecule has 2 heterocycles. The van der Waals surface area contributed by atoms with Crippen LogP contribution in [-0.4, -0.2) is 41.0 Å². The van der Waals surface area contributed by atoms with Gasteiger partial charge in [-0.1, -0.05) is 6.07 Å². The molecule has 1 aromatic carbocycles.